The minimum Gasteiger partial charge on any atom is -0.497 e. The zero-order valence-electron chi connectivity index (χ0n) is 15.3. The van der Waals surface area contributed by atoms with E-state index in [2.05, 4.69) is 4.98 Å². The Morgan fingerprint density at radius 3 is 2.59 bits per heavy atom. The quantitative estimate of drug-likeness (QED) is 0.699. The Hall–Kier alpha value is -3.07. The average molecular weight is 371 g/mol. The van der Waals surface area contributed by atoms with Crippen molar-refractivity contribution in [2.45, 2.75) is 19.5 Å². The first kappa shape index (κ1) is 17.3. The Morgan fingerprint density at radius 2 is 1.93 bits per heavy atom. The molecule has 9 nitrogen and oxygen atoms in total. The van der Waals surface area contributed by atoms with Crippen LogP contribution < -0.4 is 20.9 Å². The minimum absolute atomic E-state index is 0.0800. The zero-order chi connectivity index (χ0) is 19.1. The molecule has 0 spiro atoms. The summed E-state index contributed by atoms with van der Waals surface area (Å²) in [5.74, 6) is 1.41. The summed E-state index contributed by atoms with van der Waals surface area (Å²) in [7, 11) is 3.23. The maximum Gasteiger partial charge on any atom is 0.332 e. The highest BCUT2D eigenvalue weighted by Crippen LogP contribution is 2.32. The number of rotatable bonds is 5. The van der Waals surface area contributed by atoms with Gasteiger partial charge in [0.25, 0.3) is 5.56 Å². The number of aliphatic hydroxyl groups excluding tert-OH is 1. The molecular weight excluding hydrogens is 350 g/mol. The Labute approximate surface area is 154 Å². The molecular formula is C18H21N5O4. The topological polar surface area (TPSA) is 94.5 Å². The van der Waals surface area contributed by atoms with Crippen LogP contribution in [0.2, 0.25) is 0 Å². The number of imidazole rings is 1. The van der Waals surface area contributed by atoms with Crippen molar-refractivity contribution < 1.29 is 9.84 Å². The molecule has 2 aromatic heterocycles. The van der Waals surface area contributed by atoms with Crippen molar-refractivity contribution in [2.75, 3.05) is 25.2 Å². The molecule has 0 saturated carbocycles. The van der Waals surface area contributed by atoms with Crippen LogP contribution in [0.15, 0.2) is 33.9 Å². The van der Waals surface area contributed by atoms with Crippen LogP contribution in [-0.2, 0) is 20.1 Å². The first-order valence-electron chi connectivity index (χ1n) is 8.79. The summed E-state index contributed by atoms with van der Waals surface area (Å²) in [5.41, 5.74) is 0.945. The van der Waals surface area contributed by atoms with Gasteiger partial charge in [0.2, 0.25) is 5.95 Å². The van der Waals surface area contributed by atoms with Gasteiger partial charge < -0.3 is 19.3 Å². The summed E-state index contributed by atoms with van der Waals surface area (Å²) >= 11 is 0. The molecule has 0 amide bonds. The Morgan fingerprint density at radius 1 is 1.19 bits per heavy atom. The number of ether oxygens (including phenoxy) is 1. The first-order valence-corrected chi connectivity index (χ1v) is 8.79. The number of fused-ring (bicyclic) bond motifs is 3. The number of benzene rings is 1. The Kier molecular flexibility index (Phi) is 4.23. The molecule has 0 aliphatic carbocycles. The van der Waals surface area contributed by atoms with E-state index in [9.17, 15) is 9.59 Å². The molecule has 27 heavy (non-hydrogen) atoms. The maximum atomic E-state index is 12.9. The van der Waals surface area contributed by atoms with E-state index in [1.54, 1.807) is 14.2 Å². The van der Waals surface area contributed by atoms with Gasteiger partial charge in [-0.25, -0.2) is 4.79 Å². The van der Waals surface area contributed by atoms with Crippen LogP contribution in [0, 0.1) is 0 Å². The Balaban J connectivity index is 1.87. The fraction of sp³-hybridized carbons (Fsp3) is 0.389. The number of methoxy groups -OCH3 is 1. The summed E-state index contributed by atoms with van der Waals surface area (Å²) in [6, 6.07) is 7.62. The third kappa shape index (κ3) is 2.62. The molecule has 1 aromatic carbocycles. The molecule has 1 N–H and O–H groups in total. The number of hydrogen-bond acceptors (Lipinski definition) is 6. The highest BCUT2D eigenvalue weighted by Gasteiger charge is 2.28. The minimum atomic E-state index is -0.422. The lowest BCUT2D eigenvalue weighted by Gasteiger charge is -2.16. The van der Waals surface area contributed by atoms with Crippen LogP contribution >= 0.6 is 0 Å². The lowest BCUT2D eigenvalue weighted by atomic mass is 10.3. The van der Waals surface area contributed by atoms with Crippen molar-refractivity contribution in [2.24, 2.45) is 7.05 Å². The summed E-state index contributed by atoms with van der Waals surface area (Å²) in [6.45, 7) is 1.39. The van der Waals surface area contributed by atoms with E-state index in [-0.39, 0.29) is 18.7 Å². The molecule has 142 valence electrons. The fourth-order valence-electron chi connectivity index (χ4n) is 3.51. The predicted octanol–water partition coefficient (Wildman–Crippen LogP) is 0.439. The van der Waals surface area contributed by atoms with Crippen LogP contribution in [0.5, 0.6) is 5.75 Å². The molecule has 4 rings (SSSR count). The van der Waals surface area contributed by atoms with Crippen molar-refractivity contribution in [3.8, 4) is 5.75 Å². The predicted molar refractivity (Wildman–Crippen MR) is 101 cm³/mol. The lowest BCUT2D eigenvalue weighted by Crippen LogP contribution is -2.39. The number of aromatic nitrogens is 4. The normalized spacial score (nSPS) is 13.4. The number of anilines is 2. The van der Waals surface area contributed by atoms with E-state index >= 15 is 0 Å². The van der Waals surface area contributed by atoms with Gasteiger partial charge in [-0.05, 0) is 30.7 Å². The van der Waals surface area contributed by atoms with Gasteiger partial charge in [0.05, 0.1) is 7.11 Å². The molecule has 0 unspecified atom stereocenters. The van der Waals surface area contributed by atoms with Gasteiger partial charge in [0, 0.05) is 39.0 Å². The standard InChI is InChI=1S/C18H21N5O4/c1-20-15-14(16(25)23(18(20)26)8-3-11-24)22-10-9-21(17(22)19-15)12-4-6-13(27-2)7-5-12/h4-7,24H,3,8-11H2,1-2H3. The number of nitrogens with zero attached hydrogens (tertiary/aromatic N) is 5. The molecule has 0 atom stereocenters. The summed E-state index contributed by atoms with van der Waals surface area (Å²) in [6.07, 6.45) is 0.347. The molecule has 0 saturated heterocycles. The van der Waals surface area contributed by atoms with Gasteiger partial charge in [-0.3, -0.25) is 13.9 Å². The van der Waals surface area contributed by atoms with Crippen molar-refractivity contribution >= 4 is 22.8 Å². The number of aliphatic hydroxyl groups is 1. The third-order valence-corrected chi connectivity index (χ3v) is 4.92. The van der Waals surface area contributed by atoms with Gasteiger partial charge in [0.15, 0.2) is 11.2 Å². The highest BCUT2D eigenvalue weighted by atomic mass is 16.5. The number of hydrogen-bond donors (Lipinski definition) is 1. The number of aryl methyl sites for hydroxylation is 1. The smallest absolute Gasteiger partial charge is 0.332 e. The van der Waals surface area contributed by atoms with Crippen LogP contribution in [-0.4, -0.2) is 44.1 Å². The van der Waals surface area contributed by atoms with Gasteiger partial charge >= 0.3 is 5.69 Å². The van der Waals surface area contributed by atoms with Crippen molar-refractivity contribution in [3.63, 3.8) is 0 Å². The molecule has 0 bridgehead atoms. The summed E-state index contributed by atoms with van der Waals surface area (Å²) < 4.78 is 9.62. The molecule has 0 radical (unpaired) electrons. The van der Waals surface area contributed by atoms with Gasteiger partial charge in [-0.1, -0.05) is 0 Å². The zero-order valence-corrected chi connectivity index (χ0v) is 15.3. The van der Waals surface area contributed by atoms with Crippen LogP contribution in [0.4, 0.5) is 11.6 Å². The summed E-state index contributed by atoms with van der Waals surface area (Å²) in [4.78, 5) is 32.1. The van der Waals surface area contributed by atoms with E-state index in [4.69, 9.17) is 9.84 Å². The van der Waals surface area contributed by atoms with Crippen LogP contribution in [0.1, 0.15) is 6.42 Å². The van der Waals surface area contributed by atoms with E-state index < -0.39 is 5.69 Å². The van der Waals surface area contributed by atoms with E-state index in [1.807, 2.05) is 33.7 Å². The van der Waals surface area contributed by atoms with Gasteiger partial charge in [0.1, 0.15) is 5.75 Å². The molecule has 9 heteroatoms. The van der Waals surface area contributed by atoms with Crippen molar-refractivity contribution in [1.29, 1.82) is 0 Å². The Bertz CT molecular complexity index is 1110. The summed E-state index contributed by atoms with van der Waals surface area (Å²) in [5, 5.41) is 9.05. The monoisotopic (exact) mass is 371 g/mol. The second-order valence-corrected chi connectivity index (χ2v) is 6.46. The second-order valence-electron chi connectivity index (χ2n) is 6.46. The van der Waals surface area contributed by atoms with Crippen molar-refractivity contribution in [3.05, 3.63) is 45.1 Å². The molecule has 1 aliphatic rings. The molecule has 3 heterocycles. The average Bonchev–Trinajstić information content (AvgIpc) is 3.26. The SMILES string of the molecule is COc1ccc(N2CCn3c2nc2c3c(=O)n(CCCO)c(=O)n2C)cc1. The van der Waals surface area contributed by atoms with Crippen molar-refractivity contribution in [1.82, 2.24) is 18.7 Å². The van der Waals surface area contributed by atoms with E-state index in [0.717, 1.165) is 11.4 Å². The lowest BCUT2D eigenvalue weighted by molar-refractivity contribution is 0.277. The highest BCUT2D eigenvalue weighted by molar-refractivity contribution is 5.77. The van der Waals surface area contributed by atoms with E-state index in [1.165, 1.54) is 9.13 Å². The van der Waals surface area contributed by atoms with Gasteiger partial charge in [-0.15, -0.1) is 0 Å². The van der Waals surface area contributed by atoms with Crippen LogP contribution in [0.3, 0.4) is 0 Å². The van der Waals surface area contributed by atoms with Gasteiger partial charge in [-0.2, -0.15) is 4.98 Å². The second kappa shape index (κ2) is 6.58. The molecule has 1 aliphatic heterocycles. The largest absolute Gasteiger partial charge is 0.497 e. The fourth-order valence-corrected chi connectivity index (χ4v) is 3.51. The first-order chi connectivity index (χ1) is 13.1. The molecule has 3 aromatic rings. The maximum absolute atomic E-state index is 12.9. The molecule has 0 fully saturated rings. The van der Waals surface area contributed by atoms with E-state index in [0.29, 0.717) is 36.6 Å². The third-order valence-electron chi connectivity index (χ3n) is 4.92. The van der Waals surface area contributed by atoms with Crippen LogP contribution in [0.25, 0.3) is 11.2 Å².